The van der Waals surface area contributed by atoms with Crippen molar-refractivity contribution in [3.63, 3.8) is 0 Å². The molecule has 1 rings (SSSR count). The Morgan fingerprint density at radius 1 is 1.67 bits per heavy atom. The van der Waals surface area contributed by atoms with Gasteiger partial charge in [0.2, 0.25) is 5.91 Å². The molecule has 0 aromatic rings. The Balaban J connectivity index is 2.14. The molecule has 0 saturated carbocycles. The second-order valence-electron chi connectivity index (χ2n) is 3.06. The van der Waals surface area contributed by atoms with Gasteiger partial charge in [0.05, 0.1) is 6.04 Å². The lowest BCUT2D eigenvalue weighted by Gasteiger charge is -2.38. The monoisotopic (exact) mass is 168 g/mol. The summed E-state index contributed by atoms with van der Waals surface area (Å²) in [6.45, 7) is 7.05. The average Bonchev–Trinajstić information content (AvgIpc) is 1.96. The van der Waals surface area contributed by atoms with Crippen LogP contribution in [0, 0.1) is 0 Å². The van der Waals surface area contributed by atoms with Gasteiger partial charge < -0.3 is 5.32 Å². The lowest BCUT2D eigenvalue weighted by Crippen LogP contribution is -2.58. The van der Waals surface area contributed by atoms with E-state index in [-0.39, 0.29) is 5.91 Å². The van der Waals surface area contributed by atoms with Crippen LogP contribution in [-0.4, -0.2) is 36.5 Å². The summed E-state index contributed by atoms with van der Waals surface area (Å²) in [7, 11) is 0. The van der Waals surface area contributed by atoms with Crippen molar-refractivity contribution in [2.75, 3.05) is 19.6 Å². The predicted molar refractivity (Wildman–Crippen MR) is 48.9 cm³/mol. The van der Waals surface area contributed by atoms with Crippen LogP contribution >= 0.6 is 0 Å². The highest BCUT2D eigenvalue weighted by atomic mass is 16.1. The number of amides is 1. The summed E-state index contributed by atoms with van der Waals surface area (Å²) in [5, 5.41) is 2.91. The molecule has 0 aromatic carbocycles. The smallest absolute Gasteiger partial charge is 0.243 e. The Hall–Kier alpha value is -0.830. The molecule has 1 aliphatic heterocycles. The van der Waals surface area contributed by atoms with E-state index in [2.05, 4.69) is 17.1 Å². The summed E-state index contributed by atoms with van der Waals surface area (Å²) in [6, 6.07) is 0.369. The third-order valence-corrected chi connectivity index (χ3v) is 2.07. The molecule has 0 spiro atoms. The maximum absolute atomic E-state index is 11.0. The van der Waals surface area contributed by atoms with Gasteiger partial charge in [-0.05, 0) is 19.5 Å². The number of hydrogen-bond acceptors (Lipinski definition) is 2. The van der Waals surface area contributed by atoms with Crippen LogP contribution in [0.5, 0.6) is 0 Å². The Morgan fingerprint density at radius 2 is 2.33 bits per heavy atom. The number of likely N-dealkylation sites (N-methyl/N-ethyl adjacent to an activating group) is 1. The zero-order valence-electron chi connectivity index (χ0n) is 7.71. The summed E-state index contributed by atoms with van der Waals surface area (Å²) >= 11 is 0. The fourth-order valence-electron chi connectivity index (χ4n) is 1.32. The van der Waals surface area contributed by atoms with Crippen molar-refractivity contribution in [3.8, 4) is 0 Å². The van der Waals surface area contributed by atoms with Crippen molar-refractivity contribution in [3.05, 3.63) is 12.2 Å². The Morgan fingerprint density at radius 3 is 2.83 bits per heavy atom. The molecule has 68 valence electrons. The largest absolute Gasteiger partial charge is 0.347 e. The van der Waals surface area contributed by atoms with E-state index in [4.69, 9.17) is 0 Å². The van der Waals surface area contributed by atoms with Crippen LogP contribution < -0.4 is 5.32 Å². The van der Waals surface area contributed by atoms with E-state index in [1.54, 1.807) is 12.2 Å². The highest BCUT2D eigenvalue weighted by Gasteiger charge is 2.25. The van der Waals surface area contributed by atoms with Gasteiger partial charge in [-0.1, -0.05) is 13.0 Å². The first-order chi connectivity index (χ1) is 5.76. The summed E-state index contributed by atoms with van der Waals surface area (Å²) in [6.07, 6.45) is 3.32. The van der Waals surface area contributed by atoms with Gasteiger partial charge in [0.15, 0.2) is 0 Å². The van der Waals surface area contributed by atoms with Crippen molar-refractivity contribution in [2.45, 2.75) is 19.9 Å². The van der Waals surface area contributed by atoms with E-state index >= 15 is 0 Å². The second-order valence-corrected chi connectivity index (χ2v) is 3.06. The summed E-state index contributed by atoms with van der Waals surface area (Å²) < 4.78 is 0. The SMILES string of the molecule is C/C=C/C(=O)NC1CN(CC)C1. The van der Waals surface area contributed by atoms with E-state index in [1.165, 1.54) is 0 Å². The third kappa shape index (κ3) is 2.34. The van der Waals surface area contributed by atoms with Crippen molar-refractivity contribution < 1.29 is 4.79 Å². The molecular weight excluding hydrogens is 152 g/mol. The minimum atomic E-state index is 0.0262. The fourth-order valence-corrected chi connectivity index (χ4v) is 1.32. The van der Waals surface area contributed by atoms with Crippen LogP contribution in [0.15, 0.2) is 12.2 Å². The highest BCUT2D eigenvalue weighted by molar-refractivity contribution is 5.87. The molecule has 3 heteroatoms. The number of allylic oxidation sites excluding steroid dienone is 1. The maximum atomic E-state index is 11.0. The zero-order chi connectivity index (χ0) is 8.97. The number of likely N-dealkylation sites (tertiary alicyclic amines) is 1. The van der Waals surface area contributed by atoms with Crippen molar-refractivity contribution in [2.24, 2.45) is 0 Å². The first kappa shape index (κ1) is 9.26. The van der Waals surface area contributed by atoms with Crippen LogP contribution in [0.2, 0.25) is 0 Å². The van der Waals surface area contributed by atoms with Gasteiger partial charge in [-0.25, -0.2) is 0 Å². The molecule has 0 unspecified atom stereocenters. The van der Waals surface area contributed by atoms with E-state index in [0.717, 1.165) is 19.6 Å². The van der Waals surface area contributed by atoms with Gasteiger partial charge in [0, 0.05) is 13.1 Å². The van der Waals surface area contributed by atoms with E-state index < -0.39 is 0 Å². The normalized spacial score (nSPS) is 19.5. The molecule has 1 saturated heterocycles. The highest BCUT2D eigenvalue weighted by Crippen LogP contribution is 2.05. The lowest BCUT2D eigenvalue weighted by atomic mass is 10.1. The van der Waals surface area contributed by atoms with Crippen LogP contribution in [0.1, 0.15) is 13.8 Å². The molecule has 0 atom stereocenters. The molecule has 3 nitrogen and oxygen atoms in total. The van der Waals surface area contributed by atoms with Gasteiger partial charge in [-0.2, -0.15) is 0 Å². The molecular formula is C9H16N2O. The van der Waals surface area contributed by atoms with Gasteiger partial charge in [0.25, 0.3) is 0 Å². The summed E-state index contributed by atoms with van der Waals surface area (Å²) in [5.41, 5.74) is 0. The average molecular weight is 168 g/mol. The minimum absolute atomic E-state index is 0.0262. The molecule has 0 aliphatic carbocycles. The van der Waals surface area contributed by atoms with Crippen LogP contribution in [0.4, 0.5) is 0 Å². The Labute approximate surface area is 73.4 Å². The number of rotatable bonds is 3. The molecule has 12 heavy (non-hydrogen) atoms. The molecule has 1 amide bonds. The topological polar surface area (TPSA) is 32.3 Å². The van der Waals surface area contributed by atoms with Crippen molar-refractivity contribution >= 4 is 5.91 Å². The molecule has 0 aromatic heterocycles. The third-order valence-electron chi connectivity index (χ3n) is 2.07. The Bertz CT molecular complexity index is 183. The van der Waals surface area contributed by atoms with Gasteiger partial charge in [-0.15, -0.1) is 0 Å². The van der Waals surface area contributed by atoms with E-state index in [1.807, 2.05) is 6.92 Å². The van der Waals surface area contributed by atoms with Crippen LogP contribution in [0.25, 0.3) is 0 Å². The van der Waals surface area contributed by atoms with Crippen molar-refractivity contribution in [1.82, 2.24) is 10.2 Å². The summed E-state index contributed by atoms with van der Waals surface area (Å²) in [5.74, 6) is 0.0262. The first-order valence-corrected chi connectivity index (χ1v) is 4.41. The van der Waals surface area contributed by atoms with Gasteiger partial charge >= 0.3 is 0 Å². The Kier molecular flexibility index (Phi) is 3.29. The number of hydrogen-bond donors (Lipinski definition) is 1. The maximum Gasteiger partial charge on any atom is 0.243 e. The molecule has 1 N–H and O–H groups in total. The van der Waals surface area contributed by atoms with E-state index in [0.29, 0.717) is 6.04 Å². The molecule has 1 fully saturated rings. The second kappa shape index (κ2) is 4.26. The van der Waals surface area contributed by atoms with Crippen molar-refractivity contribution in [1.29, 1.82) is 0 Å². The minimum Gasteiger partial charge on any atom is -0.347 e. The molecule has 1 heterocycles. The standard InChI is InChI=1S/C9H16N2O/c1-3-5-9(12)10-8-6-11(4-2)7-8/h3,5,8H,4,6-7H2,1-2H3,(H,10,12)/b5-3+. The van der Waals surface area contributed by atoms with Crippen LogP contribution in [-0.2, 0) is 4.79 Å². The first-order valence-electron chi connectivity index (χ1n) is 4.41. The summed E-state index contributed by atoms with van der Waals surface area (Å²) in [4.78, 5) is 13.3. The van der Waals surface area contributed by atoms with E-state index in [9.17, 15) is 4.79 Å². The number of nitrogens with one attached hydrogen (secondary N) is 1. The predicted octanol–water partition coefficient (Wildman–Crippen LogP) is 0.383. The van der Waals surface area contributed by atoms with Gasteiger partial charge in [-0.3, -0.25) is 9.69 Å². The number of nitrogens with zero attached hydrogens (tertiary/aromatic N) is 1. The molecule has 0 radical (unpaired) electrons. The van der Waals surface area contributed by atoms with Gasteiger partial charge in [0.1, 0.15) is 0 Å². The molecule has 1 aliphatic rings. The van der Waals surface area contributed by atoms with Crippen LogP contribution in [0.3, 0.4) is 0 Å². The zero-order valence-corrected chi connectivity index (χ0v) is 7.71. The number of carbonyl (C=O) groups is 1. The lowest BCUT2D eigenvalue weighted by molar-refractivity contribution is -0.118. The quantitative estimate of drug-likeness (QED) is 0.618. The number of carbonyl (C=O) groups excluding carboxylic acids is 1. The molecule has 0 bridgehead atoms. The fraction of sp³-hybridized carbons (Fsp3) is 0.667.